The average Bonchev–Trinajstić information content (AvgIpc) is 2.35. The standard InChI is InChI=1S/C14H22N2O2/c15-11-7-3-1-2-4-8-12-9-5-6-10-13(12)18-14(16)17/h5-6,9-10H,1-4,7-8,11,15H2,(H2,16,17). The molecule has 0 aliphatic heterocycles. The molecule has 0 aromatic heterocycles. The number of carbonyl (C=O) groups excluding carboxylic acids is 1. The number of para-hydroxylation sites is 1. The van der Waals surface area contributed by atoms with E-state index in [4.69, 9.17) is 16.2 Å². The fraction of sp³-hybridized carbons (Fsp3) is 0.500. The number of ether oxygens (including phenoxy) is 1. The smallest absolute Gasteiger partial charge is 0.409 e. The van der Waals surface area contributed by atoms with E-state index in [0.717, 1.165) is 31.4 Å². The van der Waals surface area contributed by atoms with Crippen LogP contribution in [-0.4, -0.2) is 12.6 Å². The van der Waals surface area contributed by atoms with Crippen LogP contribution in [0.1, 0.15) is 37.7 Å². The summed E-state index contributed by atoms with van der Waals surface area (Å²) in [6.45, 7) is 0.773. The molecule has 0 atom stereocenters. The van der Waals surface area contributed by atoms with Crippen molar-refractivity contribution in [3.05, 3.63) is 29.8 Å². The number of hydrogen-bond acceptors (Lipinski definition) is 3. The topological polar surface area (TPSA) is 78.3 Å². The van der Waals surface area contributed by atoms with E-state index in [1.165, 1.54) is 19.3 Å². The van der Waals surface area contributed by atoms with Gasteiger partial charge < -0.3 is 16.2 Å². The Morgan fingerprint density at radius 1 is 1.06 bits per heavy atom. The van der Waals surface area contributed by atoms with Crippen LogP contribution in [0.4, 0.5) is 4.79 Å². The van der Waals surface area contributed by atoms with Gasteiger partial charge in [-0.3, -0.25) is 0 Å². The highest BCUT2D eigenvalue weighted by molar-refractivity contribution is 5.68. The molecule has 18 heavy (non-hydrogen) atoms. The number of primary amides is 1. The normalized spacial score (nSPS) is 10.3. The zero-order chi connectivity index (χ0) is 13.2. The molecule has 0 aliphatic carbocycles. The molecule has 0 spiro atoms. The van der Waals surface area contributed by atoms with Gasteiger partial charge in [-0.1, -0.05) is 37.5 Å². The lowest BCUT2D eigenvalue weighted by Gasteiger charge is -2.08. The number of amides is 1. The molecule has 4 heteroatoms. The van der Waals surface area contributed by atoms with Gasteiger partial charge in [0.15, 0.2) is 0 Å². The lowest BCUT2D eigenvalue weighted by molar-refractivity contribution is 0.210. The first-order chi connectivity index (χ1) is 8.74. The van der Waals surface area contributed by atoms with Crippen LogP contribution in [0.15, 0.2) is 24.3 Å². The van der Waals surface area contributed by atoms with E-state index in [0.29, 0.717) is 5.75 Å². The van der Waals surface area contributed by atoms with Crippen molar-refractivity contribution in [2.75, 3.05) is 6.54 Å². The third kappa shape index (κ3) is 5.68. The van der Waals surface area contributed by atoms with Crippen molar-refractivity contribution in [3.63, 3.8) is 0 Å². The lowest BCUT2D eigenvalue weighted by atomic mass is 10.0. The SMILES string of the molecule is NCCCCCCCc1ccccc1OC(N)=O. The molecule has 0 unspecified atom stereocenters. The summed E-state index contributed by atoms with van der Waals surface area (Å²) in [4.78, 5) is 10.8. The van der Waals surface area contributed by atoms with Crippen LogP contribution in [0, 0.1) is 0 Å². The molecular formula is C14H22N2O2. The van der Waals surface area contributed by atoms with Crippen molar-refractivity contribution < 1.29 is 9.53 Å². The minimum atomic E-state index is -0.759. The van der Waals surface area contributed by atoms with Crippen molar-refractivity contribution in [1.29, 1.82) is 0 Å². The van der Waals surface area contributed by atoms with Crippen molar-refractivity contribution in [1.82, 2.24) is 0 Å². The summed E-state index contributed by atoms with van der Waals surface area (Å²) in [5.41, 5.74) is 11.5. The van der Waals surface area contributed by atoms with Gasteiger partial charge in [0.2, 0.25) is 0 Å². The minimum Gasteiger partial charge on any atom is -0.410 e. The molecule has 0 saturated heterocycles. The van der Waals surface area contributed by atoms with E-state index in [2.05, 4.69) is 0 Å². The Hall–Kier alpha value is -1.55. The maximum atomic E-state index is 10.8. The highest BCUT2D eigenvalue weighted by Gasteiger charge is 2.05. The Labute approximate surface area is 108 Å². The molecule has 100 valence electrons. The van der Waals surface area contributed by atoms with Crippen LogP contribution >= 0.6 is 0 Å². The Morgan fingerprint density at radius 2 is 1.72 bits per heavy atom. The minimum absolute atomic E-state index is 0.576. The van der Waals surface area contributed by atoms with Crippen molar-refractivity contribution >= 4 is 6.09 Å². The van der Waals surface area contributed by atoms with Gasteiger partial charge in [0.1, 0.15) is 5.75 Å². The molecule has 0 radical (unpaired) electrons. The summed E-state index contributed by atoms with van der Waals surface area (Å²) in [5.74, 6) is 0.576. The van der Waals surface area contributed by atoms with Gasteiger partial charge >= 0.3 is 6.09 Å². The van der Waals surface area contributed by atoms with Crippen LogP contribution in [0.25, 0.3) is 0 Å². The molecule has 1 aromatic carbocycles. The molecule has 4 N–H and O–H groups in total. The first kappa shape index (κ1) is 14.5. The molecule has 1 rings (SSSR count). The number of hydrogen-bond donors (Lipinski definition) is 2. The highest BCUT2D eigenvalue weighted by Crippen LogP contribution is 2.20. The number of benzene rings is 1. The summed E-state index contributed by atoms with van der Waals surface area (Å²) < 4.78 is 4.96. The predicted molar refractivity (Wildman–Crippen MR) is 72.5 cm³/mol. The molecule has 0 saturated carbocycles. The van der Waals surface area contributed by atoms with Gasteiger partial charge in [0.05, 0.1) is 0 Å². The number of aryl methyl sites for hydroxylation is 1. The Balaban J connectivity index is 2.34. The zero-order valence-electron chi connectivity index (χ0n) is 10.7. The molecular weight excluding hydrogens is 228 g/mol. The van der Waals surface area contributed by atoms with E-state index in [1.807, 2.05) is 18.2 Å². The fourth-order valence-corrected chi connectivity index (χ4v) is 1.91. The number of rotatable bonds is 8. The zero-order valence-corrected chi connectivity index (χ0v) is 10.7. The van der Waals surface area contributed by atoms with E-state index < -0.39 is 6.09 Å². The quantitative estimate of drug-likeness (QED) is 0.696. The monoisotopic (exact) mass is 250 g/mol. The Bertz CT molecular complexity index is 367. The fourth-order valence-electron chi connectivity index (χ4n) is 1.91. The maximum absolute atomic E-state index is 10.8. The largest absolute Gasteiger partial charge is 0.410 e. The summed E-state index contributed by atoms with van der Waals surface area (Å²) in [6.07, 6.45) is 5.90. The second kappa shape index (κ2) is 8.53. The summed E-state index contributed by atoms with van der Waals surface area (Å²) >= 11 is 0. The molecule has 0 heterocycles. The maximum Gasteiger partial charge on any atom is 0.409 e. The van der Waals surface area contributed by atoms with E-state index in [-0.39, 0.29) is 0 Å². The lowest BCUT2D eigenvalue weighted by Crippen LogP contribution is -2.17. The molecule has 1 amide bonds. The van der Waals surface area contributed by atoms with Gasteiger partial charge in [0, 0.05) is 0 Å². The summed E-state index contributed by atoms with van der Waals surface area (Å²) in [7, 11) is 0. The van der Waals surface area contributed by atoms with E-state index >= 15 is 0 Å². The summed E-state index contributed by atoms with van der Waals surface area (Å²) in [5, 5.41) is 0. The van der Waals surface area contributed by atoms with Crippen LogP contribution in [0.5, 0.6) is 5.75 Å². The highest BCUT2D eigenvalue weighted by atomic mass is 16.5. The van der Waals surface area contributed by atoms with Crippen LogP contribution in [0.2, 0.25) is 0 Å². The number of carbonyl (C=O) groups is 1. The second-order valence-corrected chi connectivity index (χ2v) is 4.34. The van der Waals surface area contributed by atoms with Gasteiger partial charge in [0.25, 0.3) is 0 Å². The molecule has 4 nitrogen and oxygen atoms in total. The third-order valence-corrected chi connectivity index (χ3v) is 2.83. The predicted octanol–water partition coefficient (Wildman–Crippen LogP) is 2.60. The molecule has 0 fully saturated rings. The van der Waals surface area contributed by atoms with Gasteiger partial charge in [-0.15, -0.1) is 0 Å². The first-order valence-corrected chi connectivity index (χ1v) is 6.49. The molecule has 0 aliphatic rings. The van der Waals surface area contributed by atoms with Crippen LogP contribution in [-0.2, 0) is 6.42 Å². The first-order valence-electron chi connectivity index (χ1n) is 6.49. The number of unbranched alkanes of at least 4 members (excludes halogenated alkanes) is 4. The molecule has 0 bridgehead atoms. The van der Waals surface area contributed by atoms with Gasteiger partial charge in [-0.05, 0) is 37.4 Å². The van der Waals surface area contributed by atoms with Gasteiger partial charge in [-0.25, -0.2) is 4.79 Å². The van der Waals surface area contributed by atoms with E-state index in [1.54, 1.807) is 6.07 Å². The second-order valence-electron chi connectivity index (χ2n) is 4.34. The van der Waals surface area contributed by atoms with Crippen molar-refractivity contribution in [3.8, 4) is 5.75 Å². The van der Waals surface area contributed by atoms with Crippen molar-refractivity contribution in [2.45, 2.75) is 38.5 Å². The molecule has 1 aromatic rings. The van der Waals surface area contributed by atoms with Crippen LogP contribution < -0.4 is 16.2 Å². The third-order valence-electron chi connectivity index (χ3n) is 2.83. The Morgan fingerprint density at radius 3 is 2.44 bits per heavy atom. The van der Waals surface area contributed by atoms with E-state index in [9.17, 15) is 4.79 Å². The van der Waals surface area contributed by atoms with Crippen LogP contribution in [0.3, 0.4) is 0 Å². The average molecular weight is 250 g/mol. The van der Waals surface area contributed by atoms with Gasteiger partial charge in [-0.2, -0.15) is 0 Å². The van der Waals surface area contributed by atoms with Crippen molar-refractivity contribution in [2.24, 2.45) is 11.5 Å². The number of nitrogens with two attached hydrogens (primary N) is 2. The summed E-state index contributed by atoms with van der Waals surface area (Å²) in [6, 6.07) is 7.52. The Kier molecular flexibility index (Phi) is 6.87.